The topological polar surface area (TPSA) is 78.9 Å². The first-order valence-corrected chi connectivity index (χ1v) is 27.1. The lowest BCUT2D eigenvalue weighted by atomic mass is 10.0. The van der Waals surface area contributed by atoms with Gasteiger partial charge in [-0.3, -0.25) is 14.4 Å². The standard InChI is InChI=1S/C55H106O6/c1-49(2)41-35-29-23-17-13-9-7-8-10-15-19-26-32-38-44-53(56)59-47-52(48-60-54(57)45-39-33-27-22-21-25-31-37-43-51(5)6)61-55(58)46-40-34-28-20-16-12-11-14-18-24-30-36-42-50(3)4/h49-52H,7-48H2,1-6H3/t52-/m1/s1. The van der Waals surface area contributed by atoms with Crippen LogP contribution in [0.3, 0.4) is 0 Å². The van der Waals surface area contributed by atoms with Crippen molar-refractivity contribution in [3.05, 3.63) is 0 Å². The van der Waals surface area contributed by atoms with E-state index in [-0.39, 0.29) is 31.1 Å². The normalized spacial score (nSPS) is 12.1. The molecule has 6 nitrogen and oxygen atoms in total. The summed E-state index contributed by atoms with van der Waals surface area (Å²) in [4.78, 5) is 38.0. The number of hydrogen-bond acceptors (Lipinski definition) is 6. The van der Waals surface area contributed by atoms with Crippen molar-refractivity contribution in [3.63, 3.8) is 0 Å². The minimum atomic E-state index is -0.763. The van der Waals surface area contributed by atoms with Crippen LogP contribution in [0.5, 0.6) is 0 Å². The van der Waals surface area contributed by atoms with E-state index in [1.807, 2.05) is 0 Å². The SMILES string of the molecule is CC(C)CCCCCCCCCCCCCCCCC(=O)OC[C@H](COC(=O)CCCCCCCCCCC(C)C)OC(=O)CCCCCCCCCCCCCCC(C)C. The van der Waals surface area contributed by atoms with E-state index in [1.165, 1.54) is 180 Å². The fourth-order valence-electron chi connectivity index (χ4n) is 8.29. The average molecular weight is 863 g/mol. The summed E-state index contributed by atoms with van der Waals surface area (Å²) in [6.45, 7) is 13.7. The van der Waals surface area contributed by atoms with Crippen LogP contribution >= 0.6 is 0 Å². The van der Waals surface area contributed by atoms with Gasteiger partial charge in [0.05, 0.1) is 0 Å². The molecule has 1 atom stereocenters. The second-order valence-corrected chi connectivity index (χ2v) is 20.3. The van der Waals surface area contributed by atoms with Crippen molar-refractivity contribution < 1.29 is 28.6 Å². The van der Waals surface area contributed by atoms with Crippen molar-refractivity contribution in [2.75, 3.05) is 13.2 Å². The molecule has 0 bridgehead atoms. The number of hydrogen-bond donors (Lipinski definition) is 0. The summed E-state index contributed by atoms with van der Waals surface area (Å²) in [7, 11) is 0. The lowest BCUT2D eigenvalue weighted by molar-refractivity contribution is -0.167. The Morgan fingerprint density at radius 1 is 0.279 bits per heavy atom. The Morgan fingerprint density at radius 3 is 0.705 bits per heavy atom. The monoisotopic (exact) mass is 863 g/mol. The summed E-state index contributed by atoms with van der Waals surface area (Å²) in [5.41, 5.74) is 0. The third-order valence-electron chi connectivity index (χ3n) is 12.4. The zero-order chi connectivity index (χ0) is 44.9. The molecular formula is C55H106O6. The van der Waals surface area contributed by atoms with E-state index in [0.717, 1.165) is 75.5 Å². The minimum Gasteiger partial charge on any atom is -0.462 e. The fraction of sp³-hybridized carbons (Fsp3) is 0.945. The highest BCUT2D eigenvalue weighted by Gasteiger charge is 2.19. The number of esters is 3. The zero-order valence-electron chi connectivity index (χ0n) is 42.0. The Labute approximate surface area is 380 Å². The van der Waals surface area contributed by atoms with Gasteiger partial charge in [-0.25, -0.2) is 0 Å². The van der Waals surface area contributed by atoms with Crippen molar-refractivity contribution in [1.29, 1.82) is 0 Å². The lowest BCUT2D eigenvalue weighted by Gasteiger charge is -2.18. The van der Waals surface area contributed by atoms with Crippen LogP contribution in [0.4, 0.5) is 0 Å². The van der Waals surface area contributed by atoms with Gasteiger partial charge in [0.2, 0.25) is 0 Å². The highest BCUT2D eigenvalue weighted by atomic mass is 16.6. The van der Waals surface area contributed by atoms with Crippen LogP contribution < -0.4 is 0 Å². The van der Waals surface area contributed by atoms with E-state index in [0.29, 0.717) is 19.3 Å². The Balaban J connectivity index is 4.29. The molecule has 0 aromatic carbocycles. The molecule has 0 aromatic rings. The van der Waals surface area contributed by atoms with Gasteiger partial charge >= 0.3 is 17.9 Å². The second-order valence-electron chi connectivity index (χ2n) is 20.3. The number of unbranched alkanes of at least 4 members (excludes halogenated alkanes) is 31. The molecule has 362 valence electrons. The molecule has 6 heteroatoms. The molecule has 0 saturated heterocycles. The van der Waals surface area contributed by atoms with Gasteiger partial charge in [-0.2, -0.15) is 0 Å². The summed E-state index contributed by atoms with van der Waals surface area (Å²) in [5.74, 6) is 1.62. The van der Waals surface area contributed by atoms with E-state index in [1.54, 1.807) is 0 Å². The molecule has 61 heavy (non-hydrogen) atoms. The van der Waals surface area contributed by atoms with Gasteiger partial charge in [-0.05, 0) is 37.0 Å². The molecule has 0 rings (SSSR count). The molecule has 0 amide bonds. The zero-order valence-corrected chi connectivity index (χ0v) is 42.0. The van der Waals surface area contributed by atoms with Crippen LogP contribution in [0.15, 0.2) is 0 Å². The molecule has 0 fully saturated rings. The van der Waals surface area contributed by atoms with Crippen molar-refractivity contribution in [3.8, 4) is 0 Å². The molecule has 0 aliphatic heterocycles. The first kappa shape index (κ1) is 59.4. The van der Waals surface area contributed by atoms with Crippen LogP contribution in [-0.4, -0.2) is 37.2 Å². The predicted molar refractivity (Wildman–Crippen MR) is 261 cm³/mol. The van der Waals surface area contributed by atoms with Crippen molar-refractivity contribution in [2.24, 2.45) is 17.8 Å². The lowest BCUT2D eigenvalue weighted by Crippen LogP contribution is -2.30. The third kappa shape index (κ3) is 49.3. The van der Waals surface area contributed by atoms with E-state index < -0.39 is 6.10 Å². The largest absolute Gasteiger partial charge is 0.462 e. The summed E-state index contributed by atoms with van der Waals surface area (Å²) in [5, 5.41) is 0. The van der Waals surface area contributed by atoms with Gasteiger partial charge in [0, 0.05) is 19.3 Å². The predicted octanol–water partition coefficient (Wildman–Crippen LogP) is 17.6. The first-order valence-electron chi connectivity index (χ1n) is 27.1. The molecule has 0 spiro atoms. The van der Waals surface area contributed by atoms with Crippen LogP contribution in [0.1, 0.15) is 298 Å². The maximum absolute atomic E-state index is 12.8. The van der Waals surface area contributed by atoms with Crippen molar-refractivity contribution in [2.45, 2.75) is 304 Å². The summed E-state index contributed by atoms with van der Waals surface area (Å²) in [6, 6.07) is 0. The summed E-state index contributed by atoms with van der Waals surface area (Å²) < 4.78 is 16.8. The molecule has 0 saturated carbocycles. The van der Waals surface area contributed by atoms with E-state index in [4.69, 9.17) is 14.2 Å². The van der Waals surface area contributed by atoms with Crippen LogP contribution in [-0.2, 0) is 28.6 Å². The van der Waals surface area contributed by atoms with Gasteiger partial charge in [0.1, 0.15) is 13.2 Å². The molecule has 0 radical (unpaired) electrons. The highest BCUT2D eigenvalue weighted by molar-refractivity contribution is 5.71. The van der Waals surface area contributed by atoms with Gasteiger partial charge in [-0.1, -0.05) is 260 Å². The fourth-order valence-corrected chi connectivity index (χ4v) is 8.29. The molecule has 0 aliphatic rings. The number of carbonyl (C=O) groups excluding carboxylic acids is 3. The maximum Gasteiger partial charge on any atom is 0.306 e. The maximum atomic E-state index is 12.8. The summed E-state index contributed by atoms with van der Waals surface area (Å²) >= 11 is 0. The Hall–Kier alpha value is -1.59. The van der Waals surface area contributed by atoms with Crippen molar-refractivity contribution >= 4 is 17.9 Å². The van der Waals surface area contributed by atoms with Crippen molar-refractivity contribution in [1.82, 2.24) is 0 Å². The first-order chi connectivity index (χ1) is 29.6. The summed E-state index contributed by atoms with van der Waals surface area (Å²) in [6.07, 6.45) is 46.7. The quantitative estimate of drug-likeness (QED) is 0.0344. The van der Waals surface area contributed by atoms with Gasteiger partial charge in [0.15, 0.2) is 6.10 Å². The number of rotatable bonds is 48. The Morgan fingerprint density at radius 2 is 0.475 bits per heavy atom. The molecular weight excluding hydrogens is 757 g/mol. The van der Waals surface area contributed by atoms with Crippen LogP contribution in [0.2, 0.25) is 0 Å². The Kier molecular flexibility index (Phi) is 45.2. The number of ether oxygens (including phenoxy) is 3. The Bertz CT molecular complexity index is 945. The second kappa shape index (κ2) is 46.4. The average Bonchev–Trinajstić information content (AvgIpc) is 3.22. The van der Waals surface area contributed by atoms with E-state index in [9.17, 15) is 14.4 Å². The van der Waals surface area contributed by atoms with Gasteiger partial charge in [0.25, 0.3) is 0 Å². The highest BCUT2D eigenvalue weighted by Crippen LogP contribution is 2.18. The minimum absolute atomic E-state index is 0.0644. The van der Waals surface area contributed by atoms with E-state index in [2.05, 4.69) is 41.5 Å². The third-order valence-corrected chi connectivity index (χ3v) is 12.4. The smallest absolute Gasteiger partial charge is 0.306 e. The molecule has 0 heterocycles. The van der Waals surface area contributed by atoms with Crippen LogP contribution in [0, 0.1) is 17.8 Å². The molecule has 0 aliphatic carbocycles. The molecule has 0 unspecified atom stereocenters. The van der Waals surface area contributed by atoms with E-state index >= 15 is 0 Å². The van der Waals surface area contributed by atoms with Gasteiger partial charge in [-0.15, -0.1) is 0 Å². The molecule has 0 N–H and O–H groups in total. The molecule has 0 aromatic heterocycles. The number of carbonyl (C=O) groups is 3. The van der Waals surface area contributed by atoms with Gasteiger partial charge < -0.3 is 14.2 Å². The van der Waals surface area contributed by atoms with Crippen LogP contribution in [0.25, 0.3) is 0 Å².